The van der Waals surface area contributed by atoms with E-state index in [0.717, 1.165) is 4.90 Å². The maximum Gasteiger partial charge on any atom is 0.192 e. The summed E-state index contributed by atoms with van der Waals surface area (Å²) in [4.78, 5) is 1.05. The number of ether oxygens (including phenoxy) is 3. The number of aliphatic hydroxyl groups is 2. The van der Waals surface area contributed by atoms with Gasteiger partial charge >= 0.3 is 0 Å². The highest BCUT2D eigenvalue weighted by molar-refractivity contribution is 7.99. The third-order valence-corrected chi connectivity index (χ3v) is 12.1. The summed E-state index contributed by atoms with van der Waals surface area (Å²) in [6.45, 7) is 15.1. The van der Waals surface area contributed by atoms with Gasteiger partial charge < -0.3 is 28.8 Å². The maximum absolute atomic E-state index is 10.8. The molecule has 0 aliphatic carbocycles. The molecule has 0 aromatic heterocycles. The zero-order valence-electron chi connectivity index (χ0n) is 19.7. The molecule has 0 saturated carbocycles. The minimum atomic E-state index is -1.99. The van der Waals surface area contributed by atoms with Gasteiger partial charge in [0.2, 0.25) is 0 Å². The lowest BCUT2D eigenvalue weighted by Crippen LogP contribution is -2.56. The normalized spacial score (nSPS) is 34.1. The van der Waals surface area contributed by atoms with Crippen LogP contribution < -0.4 is 0 Å². The van der Waals surface area contributed by atoms with Gasteiger partial charge in [-0.15, -0.1) is 0 Å². The van der Waals surface area contributed by atoms with Crippen molar-refractivity contribution >= 4 is 20.1 Å². The van der Waals surface area contributed by atoms with E-state index in [1.54, 1.807) is 11.8 Å². The molecule has 1 aromatic carbocycles. The maximum atomic E-state index is 10.8. The molecule has 1 unspecified atom stereocenters. The lowest BCUT2D eigenvalue weighted by molar-refractivity contribution is -0.203. The van der Waals surface area contributed by atoms with Crippen molar-refractivity contribution in [3.05, 3.63) is 30.3 Å². The number of benzene rings is 1. The van der Waals surface area contributed by atoms with Gasteiger partial charge in [-0.2, -0.15) is 0 Å². The summed E-state index contributed by atoms with van der Waals surface area (Å²) in [5.41, 5.74) is -0.292. The summed E-state index contributed by atoms with van der Waals surface area (Å²) >= 11 is 1.54. The van der Waals surface area contributed by atoms with E-state index in [1.165, 1.54) is 0 Å². The number of hydrogen-bond donors (Lipinski definition) is 2. The van der Waals surface area contributed by atoms with Crippen LogP contribution in [0.3, 0.4) is 0 Å². The van der Waals surface area contributed by atoms with Gasteiger partial charge in [0.1, 0.15) is 29.9 Å². The largest absolute Gasteiger partial charge is 0.414 e. The molecule has 2 aliphatic heterocycles. The fraction of sp³-hybridized carbons (Fsp3) is 0.739. The first kappa shape index (κ1) is 25.2. The molecule has 2 saturated heterocycles. The summed E-state index contributed by atoms with van der Waals surface area (Å²) in [7, 11) is -1.99. The Hall–Kier alpha value is -0.453. The lowest BCUT2D eigenvalue weighted by Gasteiger charge is -2.41. The second-order valence-corrected chi connectivity index (χ2v) is 16.5. The van der Waals surface area contributed by atoms with Crippen LogP contribution in [0.4, 0.5) is 0 Å². The first-order valence-corrected chi connectivity index (χ1v) is 14.8. The van der Waals surface area contributed by atoms with E-state index in [2.05, 4.69) is 33.9 Å². The van der Waals surface area contributed by atoms with Gasteiger partial charge in [-0.05, 0) is 44.1 Å². The Kier molecular flexibility index (Phi) is 7.65. The van der Waals surface area contributed by atoms with Crippen LogP contribution in [-0.2, 0) is 18.6 Å². The SMILES string of the molecule is CC1(C)O[C@H]([C@@H]2OC(Sc3ccccc3)C[C@@H](O)[C@H]2O)[C@@H](CO[Si](C)(C)C(C)(C)C)O1. The summed E-state index contributed by atoms with van der Waals surface area (Å²) in [5, 5.41) is 21.4. The van der Waals surface area contributed by atoms with Crippen molar-refractivity contribution in [2.24, 2.45) is 0 Å². The standard InChI is InChI=1S/C23H38O6SSi/c1-22(2,3)31(6,7)26-14-17-20(29-23(4,5)28-17)21-19(25)16(24)13-18(27-21)30-15-11-9-8-10-12-15/h8-12,16-21,24-25H,13-14H2,1-7H3/t16-,17-,18?,19-,20+,21-/m1/s1. The van der Waals surface area contributed by atoms with E-state index < -0.39 is 44.6 Å². The molecule has 8 heteroatoms. The molecule has 0 bridgehead atoms. The minimum absolute atomic E-state index is 0.0753. The molecule has 2 fully saturated rings. The highest BCUT2D eigenvalue weighted by Gasteiger charge is 2.52. The van der Waals surface area contributed by atoms with Crippen LogP contribution >= 0.6 is 11.8 Å². The minimum Gasteiger partial charge on any atom is -0.414 e. The number of rotatable bonds is 6. The van der Waals surface area contributed by atoms with Crippen molar-refractivity contribution in [3.8, 4) is 0 Å². The Morgan fingerprint density at radius 1 is 1.10 bits per heavy atom. The van der Waals surface area contributed by atoms with Crippen molar-refractivity contribution in [3.63, 3.8) is 0 Å². The van der Waals surface area contributed by atoms with Gasteiger partial charge in [-0.25, -0.2) is 0 Å². The van der Waals surface area contributed by atoms with Crippen LogP contribution in [0.2, 0.25) is 18.1 Å². The van der Waals surface area contributed by atoms with Gasteiger partial charge in [0.05, 0.1) is 12.7 Å². The van der Waals surface area contributed by atoms with E-state index in [9.17, 15) is 10.2 Å². The third kappa shape index (κ3) is 6.12. The van der Waals surface area contributed by atoms with E-state index >= 15 is 0 Å². The molecule has 31 heavy (non-hydrogen) atoms. The summed E-state index contributed by atoms with van der Waals surface area (Å²) < 4.78 is 25.0. The second kappa shape index (κ2) is 9.42. The molecular weight excluding hydrogens is 432 g/mol. The van der Waals surface area contributed by atoms with Gasteiger partial charge in [-0.3, -0.25) is 0 Å². The third-order valence-electron chi connectivity index (χ3n) is 6.44. The highest BCUT2D eigenvalue weighted by Crippen LogP contribution is 2.41. The van der Waals surface area contributed by atoms with E-state index in [-0.39, 0.29) is 10.5 Å². The fourth-order valence-corrected chi connectivity index (χ4v) is 5.75. The second-order valence-electron chi connectivity index (χ2n) is 10.5. The van der Waals surface area contributed by atoms with Crippen LogP contribution in [0.1, 0.15) is 41.0 Å². The summed E-state index contributed by atoms with van der Waals surface area (Å²) in [5.74, 6) is -0.820. The zero-order chi connectivity index (χ0) is 23.0. The molecule has 2 heterocycles. The first-order chi connectivity index (χ1) is 14.3. The fourth-order valence-electron chi connectivity index (χ4n) is 3.64. The topological polar surface area (TPSA) is 77.4 Å². The lowest BCUT2D eigenvalue weighted by atomic mass is 9.95. The van der Waals surface area contributed by atoms with Gasteiger partial charge in [0, 0.05) is 11.3 Å². The average molecular weight is 471 g/mol. The predicted molar refractivity (Wildman–Crippen MR) is 125 cm³/mol. The highest BCUT2D eigenvalue weighted by atomic mass is 32.2. The molecule has 176 valence electrons. The van der Waals surface area contributed by atoms with Crippen molar-refractivity contribution in [2.75, 3.05) is 6.61 Å². The van der Waals surface area contributed by atoms with Crippen LogP contribution in [0.5, 0.6) is 0 Å². The molecule has 0 amide bonds. The Labute approximate surface area is 191 Å². The molecule has 6 nitrogen and oxygen atoms in total. The van der Waals surface area contributed by atoms with E-state index in [1.807, 2.05) is 44.2 Å². The Morgan fingerprint density at radius 3 is 2.35 bits per heavy atom. The van der Waals surface area contributed by atoms with Crippen molar-refractivity contribution in [1.82, 2.24) is 0 Å². The van der Waals surface area contributed by atoms with E-state index in [4.69, 9.17) is 18.6 Å². The van der Waals surface area contributed by atoms with Gasteiger partial charge in [0.15, 0.2) is 14.1 Å². The van der Waals surface area contributed by atoms with Gasteiger partial charge in [0.25, 0.3) is 0 Å². The quantitative estimate of drug-likeness (QED) is 0.605. The molecular formula is C23H38O6SSi. The number of thioether (sulfide) groups is 1. The molecule has 2 N–H and O–H groups in total. The predicted octanol–water partition coefficient (Wildman–Crippen LogP) is 4.16. The number of hydrogen-bond acceptors (Lipinski definition) is 7. The molecule has 0 spiro atoms. The average Bonchev–Trinajstić information content (AvgIpc) is 2.97. The van der Waals surface area contributed by atoms with Gasteiger partial charge in [-0.1, -0.05) is 50.7 Å². The Morgan fingerprint density at radius 2 is 1.74 bits per heavy atom. The van der Waals surface area contributed by atoms with Crippen LogP contribution in [0, 0.1) is 0 Å². The molecule has 0 radical (unpaired) electrons. The Bertz CT molecular complexity index is 723. The number of aliphatic hydroxyl groups excluding tert-OH is 2. The zero-order valence-corrected chi connectivity index (χ0v) is 21.5. The molecule has 1 aromatic rings. The van der Waals surface area contributed by atoms with Crippen molar-refractivity contribution in [2.45, 2.75) is 106 Å². The van der Waals surface area contributed by atoms with Crippen LogP contribution in [0.25, 0.3) is 0 Å². The van der Waals surface area contributed by atoms with E-state index in [0.29, 0.717) is 13.0 Å². The van der Waals surface area contributed by atoms with Crippen molar-refractivity contribution in [1.29, 1.82) is 0 Å². The molecule has 2 aliphatic rings. The smallest absolute Gasteiger partial charge is 0.192 e. The van der Waals surface area contributed by atoms with Crippen molar-refractivity contribution < 1.29 is 28.8 Å². The summed E-state index contributed by atoms with van der Waals surface area (Å²) in [6, 6.07) is 9.92. The molecule has 3 rings (SSSR count). The Balaban J connectivity index is 1.74. The van der Waals surface area contributed by atoms with Crippen LogP contribution in [-0.4, -0.2) is 66.9 Å². The van der Waals surface area contributed by atoms with Crippen LogP contribution in [0.15, 0.2) is 35.2 Å². The first-order valence-electron chi connectivity index (χ1n) is 11.0. The summed E-state index contributed by atoms with van der Waals surface area (Å²) in [6.07, 6.45) is -3.24. The monoisotopic (exact) mass is 470 g/mol. The molecule has 6 atom stereocenters.